The van der Waals surface area contributed by atoms with Gasteiger partial charge in [-0.15, -0.1) is 0 Å². The second kappa shape index (κ2) is 16.5. The van der Waals surface area contributed by atoms with Gasteiger partial charge >= 0.3 is 0 Å². The number of fused-ring (bicyclic) bond motifs is 19. The largest absolute Gasteiger partial charge is 0.455 e. The molecule has 2 heteroatoms. The number of benzene rings is 9. The highest BCUT2D eigenvalue weighted by Crippen LogP contribution is 2.63. The second-order valence-electron chi connectivity index (χ2n) is 24.5. The molecule has 0 spiro atoms. The summed E-state index contributed by atoms with van der Waals surface area (Å²) >= 11 is 0. The first kappa shape index (κ1) is 47.6. The number of aromatic nitrogens is 1. The Balaban J connectivity index is 0.000000129. The van der Waals surface area contributed by atoms with Gasteiger partial charge in [-0.2, -0.15) is 0 Å². The van der Waals surface area contributed by atoms with Crippen LogP contribution in [-0.4, -0.2) is 4.98 Å². The van der Waals surface area contributed by atoms with E-state index in [9.17, 15) is 0 Å². The van der Waals surface area contributed by atoms with Crippen LogP contribution in [-0.2, 0) is 21.7 Å². The summed E-state index contributed by atoms with van der Waals surface area (Å²) in [6.45, 7) is 32.0. The van der Waals surface area contributed by atoms with E-state index in [4.69, 9.17) is 4.42 Å². The van der Waals surface area contributed by atoms with Crippen LogP contribution in [0.3, 0.4) is 0 Å². The van der Waals surface area contributed by atoms with Gasteiger partial charge in [0.15, 0.2) is 0 Å². The molecule has 0 atom stereocenters. The standard InChI is InChI=1S/C32H31N.C31H26O.C9H12/c1-19-11-16-22-25(17-19)32(5,6)26-18-24(20-12-14-21(15-13-20)31(2,3)4)30-29(28(22)26)23-9-7-8-10-27(23)33-30;1-17-14-15-19-22(16-17)31(4,5)27-24(19)25-20-11-7-9-13-23(20)32-29(25)26-18-10-6-8-12-21(18)30(2,3)28(26)27;1-7-4-5-8(2)9(3)6-7/h7-18,33H,1-6H3;6-16H,1-5H3;4-6H,1-3H3. The van der Waals surface area contributed by atoms with Crippen molar-refractivity contribution in [3.63, 3.8) is 0 Å². The summed E-state index contributed by atoms with van der Waals surface area (Å²) in [6.07, 6.45) is 0. The minimum atomic E-state index is -0.0858. The van der Waals surface area contributed by atoms with Crippen molar-refractivity contribution in [1.29, 1.82) is 0 Å². The number of rotatable bonds is 1. The lowest BCUT2D eigenvalue weighted by molar-refractivity contribution is 0.590. The molecule has 2 aromatic heterocycles. The van der Waals surface area contributed by atoms with Crippen molar-refractivity contribution < 1.29 is 4.42 Å². The van der Waals surface area contributed by atoms with Gasteiger partial charge in [0.05, 0.1) is 5.52 Å². The van der Waals surface area contributed by atoms with Crippen LogP contribution in [0, 0.1) is 34.6 Å². The van der Waals surface area contributed by atoms with E-state index in [1.54, 1.807) is 0 Å². The zero-order valence-corrected chi connectivity index (χ0v) is 45.9. The maximum Gasteiger partial charge on any atom is 0.144 e. The summed E-state index contributed by atoms with van der Waals surface area (Å²) in [5, 5.41) is 5.15. The molecule has 2 nitrogen and oxygen atoms in total. The first-order valence-electron chi connectivity index (χ1n) is 26.8. The average Bonchev–Trinajstić information content (AvgIpc) is 4.12. The number of hydrogen-bond acceptors (Lipinski definition) is 1. The highest BCUT2D eigenvalue weighted by molar-refractivity contribution is 6.22. The Bertz CT molecular complexity index is 4120. The van der Waals surface area contributed by atoms with E-state index in [1.807, 2.05) is 0 Å². The highest BCUT2D eigenvalue weighted by Gasteiger charge is 2.48. The average molecular weight is 964 g/mol. The zero-order valence-electron chi connectivity index (χ0n) is 45.9. The van der Waals surface area contributed by atoms with E-state index in [1.165, 1.54) is 144 Å². The fourth-order valence-corrected chi connectivity index (χ4v) is 13.2. The first-order chi connectivity index (χ1) is 35.2. The topological polar surface area (TPSA) is 28.9 Å². The van der Waals surface area contributed by atoms with Gasteiger partial charge in [-0.05, 0) is 142 Å². The zero-order chi connectivity index (χ0) is 52.0. The summed E-state index contributed by atoms with van der Waals surface area (Å²) in [5.74, 6) is 0. The van der Waals surface area contributed by atoms with Gasteiger partial charge in [0.2, 0.25) is 0 Å². The number of aryl methyl sites for hydroxylation is 5. The summed E-state index contributed by atoms with van der Waals surface area (Å²) in [5.41, 5.74) is 31.8. The SMILES string of the molecule is Cc1ccc(C)c(C)c1.Cc1ccc2c(c1)C(C)(C)c1c3c(c4oc5ccccc5c4c1-2)-c1ccccc1C3(C)C.Cc1ccc2c(c1)C(C)(C)c1cc(-c3ccc(C(C)(C)C)cc3)c3[nH]c4ccccc4c3c1-2. The minimum Gasteiger partial charge on any atom is -0.455 e. The van der Waals surface area contributed by atoms with Gasteiger partial charge in [0, 0.05) is 54.4 Å². The number of furan rings is 1. The van der Waals surface area contributed by atoms with Crippen molar-refractivity contribution in [1.82, 2.24) is 4.98 Å². The lowest BCUT2D eigenvalue weighted by Crippen LogP contribution is -2.24. The molecule has 0 saturated heterocycles. The van der Waals surface area contributed by atoms with E-state index in [0.717, 1.165) is 11.2 Å². The lowest BCUT2D eigenvalue weighted by atomic mass is 9.72. The summed E-state index contributed by atoms with van der Waals surface area (Å²) < 4.78 is 6.68. The van der Waals surface area contributed by atoms with Gasteiger partial charge < -0.3 is 9.40 Å². The van der Waals surface area contributed by atoms with Crippen molar-refractivity contribution in [2.24, 2.45) is 0 Å². The molecule has 3 aliphatic carbocycles. The summed E-state index contributed by atoms with van der Waals surface area (Å²) in [7, 11) is 0. The third-order valence-electron chi connectivity index (χ3n) is 17.4. The molecule has 11 aromatic rings. The van der Waals surface area contributed by atoms with Crippen molar-refractivity contribution >= 4 is 43.7 Å². The van der Waals surface area contributed by atoms with Crippen molar-refractivity contribution in [3.05, 3.63) is 224 Å². The molecular formula is C72H69NO. The van der Waals surface area contributed by atoms with Crippen molar-refractivity contribution in [2.45, 2.75) is 119 Å². The predicted octanol–water partition coefficient (Wildman–Crippen LogP) is 20.0. The van der Waals surface area contributed by atoms with Gasteiger partial charge in [-0.3, -0.25) is 0 Å². The fraction of sp³-hybridized carbons (Fsp3) is 0.250. The predicted molar refractivity (Wildman–Crippen MR) is 316 cm³/mol. The Morgan fingerprint density at radius 2 is 0.973 bits per heavy atom. The van der Waals surface area contributed by atoms with Gasteiger partial charge in [-0.25, -0.2) is 0 Å². The molecule has 2 heterocycles. The van der Waals surface area contributed by atoms with Crippen molar-refractivity contribution in [3.8, 4) is 44.5 Å². The molecule has 9 aromatic carbocycles. The van der Waals surface area contributed by atoms with Crippen molar-refractivity contribution in [2.75, 3.05) is 0 Å². The molecule has 3 aliphatic rings. The Labute approximate surface area is 438 Å². The van der Waals surface area contributed by atoms with E-state index in [-0.39, 0.29) is 21.7 Å². The van der Waals surface area contributed by atoms with Gasteiger partial charge in [-0.1, -0.05) is 219 Å². The Hall–Kier alpha value is -7.42. The van der Waals surface area contributed by atoms with Crippen LogP contribution in [0.5, 0.6) is 0 Å². The molecule has 1 N–H and O–H groups in total. The van der Waals surface area contributed by atoms with Crippen LogP contribution in [0.15, 0.2) is 162 Å². The maximum absolute atomic E-state index is 6.68. The molecule has 368 valence electrons. The quantitative estimate of drug-likeness (QED) is 0.174. The van der Waals surface area contributed by atoms with Gasteiger partial charge in [0.25, 0.3) is 0 Å². The van der Waals surface area contributed by atoms with E-state index in [0.29, 0.717) is 0 Å². The number of aromatic amines is 1. The van der Waals surface area contributed by atoms with Crippen LogP contribution in [0.25, 0.3) is 88.3 Å². The second-order valence-corrected chi connectivity index (χ2v) is 24.5. The smallest absolute Gasteiger partial charge is 0.144 e. The maximum atomic E-state index is 6.68. The number of hydrogen-bond donors (Lipinski definition) is 1. The van der Waals surface area contributed by atoms with E-state index in [2.05, 4.69) is 260 Å². The number of para-hydroxylation sites is 2. The number of H-pyrrole nitrogens is 1. The molecule has 0 unspecified atom stereocenters. The third kappa shape index (κ3) is 7.04. The van der Waals surface area contributed by atoms with E-state index < -0.39 is 0 Å². The van der Waals surface area contributed by atoms with E-state index >= 15 is 0 Å². The normalized spacial score (nSPS) is 14.9. The molecular weight excluding hydrogens is 895 g/mol. The minimum absolute atomic E-state index is 0.0383. The number of nitrogens with one attached hydrogen (secondary N) is 1. The first-order valence-corrected chi connectivity index (χ1v) is 26.8. The molecule has 0 radical (unpaired) electrons. The molecule has 0 bridgehead atoms. The summed E-state index contributed by atoms with van der Waals surface area (Å²) in [6, 6.07) is 58.3. The van der Waals surface area contributed by atoms with Crippen LogP contribution < -0.4 is 0 Å². The third-order valence-corrected chi connectivity index (χ3v) is 17.4. The molecule has 0 fully saturated rings. The Kier molecular flexibility index (Phi) is 10.6. The molecule has 0 amide bonds. The Morgan fingerprint density at radius 1 is 0.419 bits per heavy atom. The van der Waals surface area contributed by atoms with Crippen LogP contribution >= 0.6 is 0 Å². The molecule has 74 heavy (non-hydrogen) atoms. The van der Waals surface area contributed by atoms with Gasteiger partial charge in [0.1, 0.15) is 11.2 Å². The molecule has 0 saturated carbocycles. The van der Waals surface area contributed by atoms with Crippen LogP contribution in [0.1, 0.15) is 129 Å². The Morgan fingerprint density at radius 3 is 1.65 bits per heavy atom. The monoisotopic (exact) mass is 964 g/mol. The summed E-state index contributed by atoms with van der Waals surface area (Å²) in [4.78, 5) is 3.79. The van der Waals surface area contributed by atoms with Crippen LogP contribution in [0.2, 0.25) is 0 Å². The molecule has 0 aliphatic heterocycles. The lowest BCUT2D eigenvalue weighted by Gasteiger charge is -2.31. The fourth-order valence-electron chi connectivity index (χ4n) is 13.2. The molecule has 14 rings (SSSR count). The highest BCUT2D eigenvalue weighted by atomic mass is 16.3. The van der Waals surface area contributed by atoms with Crippen LogP contribution in [0.4, 0.5) is 0 Å².